The topological polar surface area (TPSA) is 116 Å². The molecule has 0 fully saturated rings. The summed E-state index contributed by atoms with van der Waals surface area (Å²) >= 11 is 0. The maximum atomic E-state index is 13.1. The number of nitrogens with zero attached hydrogens (tertiary/aromatic N) is 3. The summed E-state index contributed by atoms with van der Waals surface area (Å²) in [7, 11) is 1.84. The summed E-state index contributed by atoms with van der Waals surface area (Å²) in [4.78, 5) is 39.7. The lowest BCUT2D eigenvalue weighted by Gasteiger charge is -2.31. The number of benzene rings is 1. The second kappa shape index (κ2) is 9.12. The number of carbonyl (C=O) groups is 1. The highest BCUT2D eigenvalue weighted by Gasteiger charge is 2.28. The number of fused-ring (bicyclic) bond motifs is 1. The molecule has 8 nitrogen and oxygen atoms in total. The van der Waals surface area contributed by atoms with Crippen LogP contribution in [0.2, 0.25) is 0 Å². The smallest absolute Gasteiger partial charge is 0.257 e. The van der Waals surface area contributed by atoms with E-state index in [-0.39, 0.29) is 23.6 Å². The van der Waals surface area contributed by atoms with Crippen LogP contribution >= 0.6 is 0 Å². The minimum absolute atomic E-state index is 0.0482. The highest BCUT2D eigenvalue weighted by molar-refractivity contribution is 5.98. The Morgan fingerprint density at radius 1 is 1.24 bits per heavy atom. The molecule has 1 amide bonds. The van der Waals surface area contributed by atoms with Crippen LogP contribution in [0.4, 0.5) is 5.82 Å². The Hall–Kier alpha value is -4.20. The molecule has 1 aromatic carbocycles. The molecule has 1 atom stereocenters. The number of aliphatic imine (C=N–C) groups is 1. The molecule has 0 bridgehead atoms. The number of nitrogens with two attached hydrogens (primary N) is 1. The van der Waals surface area contributed by atoms with Crippen molar-refractivity contribution in [2.75, 3.05) is 7.05 Å². The van der Waals surface area contributed by atoms with Crippen LogP contribution in [0.25, 0.3) is 11.3 Å². The van der Waals surface area contributed by atoms with Crippen molar-refractivity contribution in [2.45, 2.75) is 26.4 Å². The minimum Gasteiger partial charge on any atom is -0.402 e. The van der Waals surface area contributed by atoms with Crippen LogP contribution in [0.15, 0.2) is 76.4 Å². The van der Waals surface area contributed by atoms with E-state index < -0.39 is 5.91 Å². The molecule has 0 saturated heterocycles. The van der Waals surface area contributed by atoms with E-state index in [1.165, 1.54) is 6.20 Å². The molecule has 8 heteroatoms. The van der Waals surface area contributed by atoms with Crippen molar-refractivity contribution < 1.29 is 4.79 Å². The average Bonchev–Trinajstić information content (AvgIpc) is 2.81. The van der Waals surface area contributed by atoms with Crippen molar-refractivity contribution >= 4 is 17.6 Å². The quantitative estimate of drug-likeness (QED) is 0.561. The van der Waals surface area contributed by atoms with Gasteiger partial charge >= 0.3 is 0 Å². The molecule has 33 heavy (non-hydrogen) atoms. The van der Waals surface area contributed by atoms with Gasteiger partial charge in [-0.3, -0.25) is 14.6 Å². The van der Waals surface area contributed by atoms with Crippen LogP contribution < -0.4 is 16.5 Å². The molecule has 0 saturated carbocycles. The van der Waals surface area contributed by atoms with Gasteiger partial charge in [0.05, 0.1) is 17.3 Å². The SMILES string of the molecule is C/C(N)=C/C1=Nc2[nH]cc(C(=O)NCc3ccc(-c4ccccc4)nc3)c(=O)c2C(C)N1C. The van der Waals surface area contributed by atoms with Gasteiger partial charge < -0.3 is 20.9 Å². The Morgan fingerprint density at radius 3 is 2.67 bits per heavy atom. The number of hydrogen-bond acceptors (Lipinski definition) is 6. The second-order valence-corrected chi connectivity index (χ2v) is 8.04. The molecule has 1 aliphatic rings. The molecule has 4 rings (SSSR count). The molecule has 3 heterocycles. The van der Waals surface area contributed by atoms with Crippen molar-refractivity contribution in [3.63, 3.8) is 0 Å². The number of pyridine rings is 2. The normalized spacial score (nSPS) is 15.6. The number of likely N-dealkylation sites (N-methyl/N-ethyl adjacent to an activating group) is 1. The number of carbonyl (C=O) groups excluding carboxylic acids is 1. The van der Waals surface area contributed by atoms with Gasteiger partial charge in [0.2, 0.25) is 5.43 Å². The number of hydrogen-bond donors (Lipinski definition) is 3. The van der Waals surface area contributed by atoms with E-state index >= 15 is 0 Å². The summed E-state index contributed by atoms with van der Waals surface area (Å²) in [6.07, 6.45) is 4.88. The van der Waals surface area contributed by atoms with Crippen LogP contribution in [0.3, 0.4) is 0 Å². The molecule has 0 spiro atoms. The Bertz CT molecular complexity index is 1290. The first-order valence-electron chi connectivity index (χ1n) is 10.6. The van der Waals surface area contributed by atoms with Gasteiger partial charge in [0.25, 0.3) is 5.91 Å². The van der Waals surface area contributed by atoms with Crippen LogP contribution in [0.5, 0.6) is 0 Å². The summed E-state index contributed by atoms with van der Waals surface area (Å²) in [6.45, 7) is 3.93. The predicted molar refractivity (Wildman–Crippen MR) is 129 cm³/mol. The number of aromatic nitrogens is 2. The third-order valence-electron chi connectivity index (χ3n) is 5.63. The zero-order valence-corrected chi connectivity index (χ0v) is 18.8. The summed E-state index contributed by atoms with van der Waals surface area (Å²) in [5.41, 5.74) is 9.28. The number of nitrogens with one attached hydrogen (secondary N) is 2. The Kier molecular flexibility index (Phi) is 6.08. The average molecular weight is 443 g/mol. The van der Waals surface area contributed by atoms with Gasteiger partial charge in [0.15, 0.2) is 0 Å². The van der Waals surface area contributed by atoms with Crippen molar-refractivity contribution in [1.82, 2.24) is 20.2 Å². The van der Waals surface area contributed by atoms with Crippen LogP contribution in [0.1, 0.15) is 41.4 Å². The number of amides is 1. The van der Waals surface area contributed by atoms with Gasteiger partial charge in [-0.25, -0.2) is 4.99 Å². The predicted octanol–water partition coefficient (Wildman–Crippen LogP) is 3.27. The summed E-state index contributed by atoms with van der Waals surface area (Å²) < 4.78 is 0. The van der Waals surface area contributed by atoms with Crippen LogP contribution in [-0.2, 0) is 6.54 Å². The number of amidine groups is 1. The van der Waals surface area contributed by atoms with Crippen molar-refractivity contribution in [3.8, 4) is 11.3 Å². The van der Waals surface area contributed by atoms with E-state index in [4.69, 9.17) is 5.73 Å². The number of rotatable bonds is 5. The first-order valence-corrected chi connectivity index (χ1v) is 10.6. The molecule has 0 radical (unpaired) electrons. The molecule has 1 aliphatic heterocycles. The van der Waals surface area contributed by atoms with Gasteiger partial charge in [0, 0.05) is 37.2 Å². The Morgan fingerprint density at radius 2 is 2.00 bits per heavy atom. The highest BCUT2D eigenvalue weighted by atomic mass is 16.2. The zero-order chi connectivity index (χ0) is 23.5. The molecule has 1 unspecified atom stereocenters. The van der Waals surface area contributed by atoms with Crippen LogP contribution in [-0.4, -0.2) is 33.7 Å². The Balaban J connectivity index is 1.51. The molecular weight excluding hydrogens is 416 g/mol. The number of H-pyrrole nitrogens is 1. The third-order valence-corrected chi connectivity index (χ3v) is 5.63. The second-order valence-electron chi connectivity index (χ2n) is 8.04. The van der Waals surface area contributed by atoms with Gasteiger partial charge in [-0.1, -0.05) is 36.4 Å². The van der Waals surface area contributed by atoms with E-state index in [1.54, 1.807) is 19.2 Å². The molecule has 0 aliphatic carbocycles. The maximum absolute atomic E-state index is 13.1. The molecule has 3 aromatic rings. The van der Waals surface area contributed by atoms with Crippen molar-refractivity contribution in [2.24, 2.45) is 10.7 Å². The summed E-state index contributed by atoms with van der Waals surface area (Å²) in [5, 5.41) is 2.81. The van der Waals surface area contributed by atoms with Crippen LogP contribution in [0, 0.1) is 0 Å². The van der Waals surface area contributed by atoms with Gasteiger partial charge in [-0.15, -0.1) is 0 Å². The Labute approximate surface area is 191 Å². The standard InChI is InChI=1S/C25H26N6O2/c1-15(26)11-21-30-24-22(16(2)31(21)3)23(32)19(14-28-24)25(33)29-13-17-9-10-20(27-12-17)18-7-5-4-6-8-18/h4-12,14,16H,13,26H2,1-3H3,(H,28,32)(H,29,33)/b15-11-. The fourth-order valence-corrected chi connectivity index (χ4v) is 3.69. The highest BCUT2D eigenvalue weighted by Crippen LogP contribution is 2.30. The number of aromatic amines is 1. The molecule has 2 aromatic heterocycles. The summed E-state index contributed by atoms with van der Waals surface area (Å²) in [6, 6.07) is 13.4. The summed E-state index contributed by atoms with van der Waals surface area (Å²) in [5.74, 6) is 0.637. The van der Waals surface area contributed by atoms with Gasteiger partial charge in [-0.05, 0) is 31.6 Å². The lowest BCUT2D eigenvalue weighted by molar-refractivity contribution is 0.0949. The largest absolute Gasteiger partial charge is 0.402 e. The fraction of sp³-hybridized carbons (Fsp3) is 0.200. The van der Waals surface area contributed by atoms with E-state index in [1.807, 2.05) is 61.3 Å². The van der Waals surface area contributed by atoms with E-state index in [2.05, 4.69) is 20.3 Å². The van der Waals surface area contributed by atoms with Crippen molar-refractivity contribution in [3.05, 3.63) is 93.5 Å². The first-order chi connectivity index (χ1) is 15.8. The van der Waals surface area contributed by atoms with E-state index in [0.717, 1.165) is 16.8 Å². The van der Waals surface area contributed by atoms with Gasteiger partial charge in [-0.2, -0.15) is 0 Å². The monoisotopic (exact) mass is 442 g/mol. The zero-order valence-electron chi connectivity index (χ0n) is 18.8. The van der Waals surface area contributed by atoms with E-state index in [0.29, 0.717) is 22.9 Å². The lowest BCUT2D eigenvalue weighted by Crippen LogP contribution is -2.37. The lowest BCUT2D eigenvalue weighted by atomic mass is 10.0. The number of allylic oxidation sites excluding steroid dienone is 1. The molecule has 4 N–H and O–H groups in total. The third kappa shape index (κ3) is 4.55. The molecular formula is C25H26N6O2. The van der Waals surface area contributed by atoms with Crippen molar-refractivity contribution in [1.29, 1.82) is 0 Å². The van der Waals surface area contributed by atoms with Gasteiger partial charge in [0.1, 0.15) is 17.2 Å². The minimum atomic E-state index is -0.450. The molecule has 168 valence electrons. The fourth-order valence-electron chi connectivity index (χ4n) is 3.69. The maximum Gasteiger partial charge on any atom is 0.257 e. The van der Waals surface area contributed by atoms with E-state index in [9.17, 15) is 9.59 Å². The first kappa shape index (κ1) is 22.0.